The summed E-state index contributed by atoms with van der Waals surface area (Å²) in [4.78, 5) is 47.7. The zero-order valence-corrected chi connectivity index (χ0v) is 15.5. The maximum Gasteiger partial charge on any atom is 0.269 e. The average molecular weight is 394 g/mol. The minimum absolute atomic E-state index is 0.0212. The number of nitro benzene ring substituents is 1. The minimum atomic E-state index is -1.19. The number of aliphatic hydroxyl groups is 1. The number of non-ortho nitro benzene ring substituents is 1. The van der Waals surface area contributed by atoms with Crippen molar-refractivity contribution in [2.75, 3.05) is 13.7 Å². The highest BCUT2D eigenvalue weighted by Gasteiger charge is 2.38. The van der Waals surface area contributed by atoms with Crippen molar-refractivity contribution in [3.05, 3.63) is 33.9 Å². The Morgan fingerprint density at radius 1 is 1.46 bits per heavy atom. The highest BCUT2D eigenvalue weighted by molar-refractivity contribution is 5.91. The monoisotopic (exact) mass is 394 g/mol. The molecule has 0 saturated carbocycles. The number of ether oxygens (including phenoxy) is 1. The molecule has 1 heterocycles. The third-order valence-electron chi connectivity index (χ3n) is 4.54. The van der Waals surface area contributed by atoms with Crippen molar-refractivity contribution >= 4 is 23.4 Å². The molecule has 4 N–H and O–H groups in total. The number of carbonyl (C=O) groups excluding carboxylic acids is 3. The number of methoxy groups -OCH3 is 1. The summed E-state index contributed by atoms with van der Waals surface area (Å²) in [7, 11) is 1.37. The Morgan fingerprint density at radius 3 is 2.68 bits per heavy atom. The topological polar surface area (TPSA) is 165 Å². The zero-order chi connectivity index (χ0) is 21.0. The smallest absolute Gasteiger partial charge is 0.269 e. The lowest BCUT2D eigenvalue weighted by atomic mass is 10.0. The van der Waals surface area contributed by atoms with Gasteiger partial charge in [-0.05, 0) is 6.07 Å². The van der Waals surface area contributed by atoms with E-state index in [2.05, 4.69) is 5.32 Å². The molecule has 0 unspecified atom stereocenters. The molecule has 3 amide bonds. The van der Waals surface area contributed by atoms with Gasteiger partial charge in [0.2, 0.25) is 17.7 Å². The van der Waals surface area contributed by atoms with E-state index in [4.69, 9.17) is 10.5 Å². The third kappa shape index (κ3) is 4.74. The number of rotatable bonds is 7. The number of amides is 3. The summed E-state index contributed by atoms with van der Waals surface area (Å²) >= 11 is 0. The Labute approximate surface area is 160 Å². The van der Waals surface area contributed by atoms with Crippen LogP contribution in [0.3, 0.4) is 0 Å². The van der Waals surface area contributed by atoms with Gasteiger partial charge in [-0.2, -0.15) is 0 Å². The van der Waals surface area contributed by atoms with E-state index in [9.17, 15) is 29.6 Å². The van der Waals surface area contributed by atoms with E-state index in [1.54, 1.807) is 0 Å². The van der Waals surface area contributed by atoms with Gasteiger partial charge < -0.3 is 25.8 Å². The Balaban J connectivity index is 2.21. The second kappa shape index (κ2) is 8.65. The van der Waals surface area contributed by atoms with Gasteiger partial charge in [-0.1, -0.05) is 0 Å². The van der Waals surface area contributed by atoms with Crippen LogP contribution in [-0.4, -0.2) is 64.5 Å². The first-order chi connectivity index (χ1) is 13.1. The SMILES string of the molecule is COc1ccc([N+](=O)[O-])cc1C[C@H](NC(=O)[C@@H]1C[C@@H](O)CN1C(C)=O)C(N)=O. The molecule has 3 atom stereocenters. The van der Waals surface area contributed by atoms with Gasteiger partial charge in [0.05, 0.1) is 18.1 Å². The van der Waals surface area contributed by atoms with Crippen LogP contribution in [0, 0.1) is 10.1 Å². The highest BCUT2D eigenvalue weighted by Crippen LogP contribution is 2.25. The first-order valence-electron chi connectivity index (χ1n) is 8.50. The van der Waals surface area contributed by atoms with E-state index in [0.29, 0.717) is 11.3 Å². The zero-order valence-electron chi connectivity index (χ0n) is 15.5. The molecule has 1 aromatic rings. The van der Waals surface area contributed by atoms with Gasteiger partial charge in [0.1, 0.15) is 17.8 Å². The average Bonchev–Trinajstić information content (AvgIpc) is 3.03. The lowest BCUT2D eigenvalue weighted by Gasteiger charge is -2.24. The van der Waals surface area contributed by atoms with Crippen molar-refractivity contribution in [3.63, 3.8) is 0 Å². The summed E-state index contributed by atoms with van der Waals surface area (Å²) in [5.41, 5.74) is 5.50. The fraction of sp³-hybridized carbons (Fsp3) is 0.471. The molecule has 152 valence electrons. The molecule has 11 heteroatoms. The molecule has 1 aliphatic heterocycles. The van der Waals surface area contributed by atoms with Gasteiger partial charge in [-0.15, -0.1) is 0 Å². The largest absolute Gasteiger partial charge is 0.496 e. The maximum absolute atomic E-state index is 12.6. The quantitative estimate of drug-likeness (QED) is 0.398. The van der Waals surface area contributed by atoms with Crippen LogP contribution in [0.25, 0.3) is 0 Å². The summed E-state index contributed by atoms with van der Waals surface area (Å²) in [6.07, 6.45) is -0.943. The third-order valence-corrected chi connectivity index (χ3v) is 4.54. The number of nitro groups is 1. The molecule has 0 aromatic heterocycles. The number of hydrogen-bond donors (Lipinski definition) is 3. The number of likely N-dealkylation sites (tertiary alicyclic amines) is 1. The van der Waals surface area contributed by atoms with E-state index in [1.807, 2.05) is 0 Å². The summed E-state index contributed by atoms with van der Waals surface area (Å²) in [6, 6.07) is 1.77. The van der Waals surface area contributed by atoms with Crippen LogP contribution < -0.4 is 15.8 Å². The molecule has 0 spiro atoms. The second-order valence-corrected chi connectivity index (χ2v) is 6.50. The summed E-state index contributed by atoms with van der Waals surface area (Å²) in [5.74, 6) is -1.57. The fourth-order valence-corrected chi connectivity index (χ4v) is 3.16. The number of carbonyl (C=O) groups is 3. The second-order valence-electron chi connectivity index (χ2n) is 6.50. The molecule has 1 aliphatic rings. The fourth-order valence-electron chi connectivity index (χ4n) is 3.16. The predicted molar refractivity (Wildman–Crippen MR) is 96.3 cm³/mol. The first kappa shape index (κ1) is 21.1. The molecular weight excluding hydrogens is 372 g/mol. The van der Waals surface area contributed by atoms with Crippen molar-refractivity contribution in [2.24, 2.45) is 5.73 Å². The lowest BCUT2D eigenvalue weighted by molar-refractivity contribution is -0.384. The number of nitrogens with zero attached hydrogens (tertiary/aromatic N) is 2. The maximum atomic E-state index is 12.6. The van der Waals surface area contributed by atoms with Crippen molar-refractivity contribution in [2.45, 2.75) is 38.0 Å². The number of primary amides is 1. The summed E-state index contributed by atoms with van der Waals surface area (Å²) in [5, 5.41) is 23.2. The Hall–Kier alpha value is -3.21. The molecule has 0 aliphatic carbocycles. The first-order valence-corrected chi connectivity index (χ1v) is 8.50. The minimum Gasteiger partial charge on any atom is -0.496 e. The Bertz CT molecular complexity index is 798. The van der Waals surface area contributed by atoms with Crippen molar-refractivity contribution in [3.8, 4) is 5.75 Å². The van der Waals surface area contributed by atoms with Gasteiger partial charge in [0, 0.05) is 44.0 Å². The van der Waals surface area contributed by atoms with E-state index >= 15 is 0 Å². The molecule has 0 radical (unpaired) electrons. The number of nitrogens with two attached hydrogens (primary N) is 1. The molecule has 2 rings (SSSR count). The van der Waals surface area contributed by atoms with E-state index in [-0.39, 0.29) is 31.0 Å². The number of aliphatic hydroxyl groups excluding tert-OH is 1. The molecule has 1 saturated heterocycles. The van der Waals surface area contributed by atoms with Gasteiger partial charge in [-0.3, -0.25) is 24.5 Å². The standard InChI is InChI=1S/C17H22N4O7/c1-9(22)20-8-12(23)7-14(20)17(25)19-13(16(18)24)6-10-5-11(21(26)27)3-4-15(10)28-2/h3-5,12-14,23H,6-8H2,1-2H3,(H2,18,24)(H,19,25)/t12-,13+,14+/m1/s1. The molecule has 1 fully saturated rings. The molecule has 28 heavy (non-hydrogen) atoms. The highest BCUT2D eigenvalue weighted by atomic mass is 16.6. The van der Waals surface area contributed by atoms with Crippen LogP contribution in [0.15, 0.2) is 18.2 Å². The van der Waals surface area contributed by atoms with Crippen LogP contribution in [0.2, 0.25) is 0 Å². The van der Waals surface area contributed by atoms with Gasteiger partial charge in [0.15, 0.2) is 0 Å². The van der Waals surface area contributed by atoms with Crippen molar-refractivity contribution in [1.82, 2.24) is 10.2 Å². The van der Waals surface area contributed by atoms with Gasteiger partial charge in [-0.25, -0.2) is 0 Å². The molecule has 0 bridgehead atoms. The predicted octanol–water partition coefficient (Wildman–Crippen LogP) is -0.902. The van der Waals surface area contributed by atoms with Crippen LogP contribution in [0.4, 0.5) is 5.69 Å². The number of nitrogens with one attached hydrogen (secondary N) is 1. The lowest BCUT2D eigenvalue weighted by Crippen LogP contribution is -2.52. The van der Waals surface area contributed by atoms with E-state index < -0.39 is 34.9 Å². The van der Waals surface area contributed by atoms with Crippen LogP contribution in [0.1, 0.15) is 18.9 Å². The number of β-amino-alcohol motifs (C(OH)–C–C–N with tert-alkyl or cyclic N) is 1. The van der Waals surface area contributed by atoms with Crippen molar-refractivity contribution in [1.29, 1.82) is 0 Å². The van der Waals surface area contributed by atoms with Crippen LogP contribution in [-0.2, 0) is 20.8 Å². The van der Waals surface area contributed by atoms with Crippen molar-refractivity contribution < 1.29 is 29.2 Å². The Morgan fingerprint density at radius 2 is 2.14 bits per heavy atom. The van der Waals surface area contributed by atoms with E-state index in [0.717, 1.165) is 0 Å². The van der Waals surface area contributed by atoms with Crippen LogP contribution >= 0.6 is 0 Å². The molecule has 11 nitrogen and oxygen atoms in total. The van der Waals surface area contributed by atoms with Gasteiger partial charge in [0.25, 0.3) is 5.69 Å². The Kier molecular flexibility index (Phi) is 6.52. The van der Waals surface area contributed by atoms with E-state index in [1.165, 1.54) is 37.1 Å². The normalized spacial score (nSPS) is 19.8. The summed E-state index contributed by atoms with van der Waals surface area (Å²) < 4.78 is 5.15. The van der Waals surface area contributed by atoms with Gasteiger partial charge >= 0.3 is 0 Å². The number of hydrogen-bond acceptors (Lipinski definition) is 7. The van der Waals surface area contributed by atoms with Crippen LogP contribution in [0.5, 0.6) is 5.75 Å². The molecule has 1 aromatic carbocycles. The number of benzene rings is 1. The molecular formula is C17H22N4O7. The summed E-state index contributed by atoms with van der Waals surface area (Å²) in [6.45, 7) is 1.30.